The molecule has 2 rings (SSSR count). The van der Waals surface area contributed by atoms with E-state index in [4.69, 9.17) is 10.00 Å². The van der Waals surface area contributed by atoms with Crippen molar-refractivity contribution in [3.63, 3.8) is 0 Å². The number of benzene rings is 1. The number of amides is 3. The first-order valence-electron chi connectivity index (χ1n) is 6.12. The van der Waals surface area contributed by atoms with Crippen LogP contribution in [-0.4, -0.2) is 24.5 Å². The Morgan fingerprint density at radius 1 is 1.33 bits per heavy atom. The number of carbonyl (C=O) groups is 3. The van der Waals surface area contributed by atoms with Gasteiger partial charge < -0.3 is 10.1 Å². The van der Waals surface area contributed by atoms with E-state index >= 15 is 0 Å². The summed E-state index contributed by atoms with van der Waals surface area (Å²) in [6.45, 7) is 1.63. The summed E-state index contributed by atoms with van der Waals surface area (Å²) in [6.07, 6.45) is 0. The average Bonchev–Trinajstić information content (AvgIpc) is 2.76. The molecule has 0 spiro atoms. The van der Waals surface area contributed by atoms with Crippen LogP contribution in [0.4, 0.5) is 10.5 Å². The molecule has 0 aromatic heterocycles. The third kappa shape index (κ3) is 2.60. The minimum absolute atomic E-state index is 0.0574. The van der Waals surface area contributed by atoms with Gasteiger partial charge in [-0.1, -0.05) is 18.2 Å². The van der Waals surface area contributed by atoms with Gasteiger partial charge >= 0.3 is 12.0 Å². The van der Waals surface area contributed by atoms with Crippen LogP contribution in [0.25, 0.3) is 0 Å². The van der Waals surface area contributed by atoms with Crippen LogP contribution >= 0.6 is 0 Å². The zero-order valence-corrected chi connectivity index (χ0v) is 11.1. The second kappa shape index (κ2) is 5.88. The number of urea groups is 1. The standard InChI is InChI=1S/C14H11N3O4/c1-2-21-13(19)10(8-15)11-12(18)17(14(20)16-11)9-6-4-3-5-7-9/h3-7H,2H2,1H3,(H,16,20). The highest BCUT2D eigenvalue weighted by molar-refractivity contribution is 6.28. The molecule has 21 heavy (non-hydrogen) atoms. The summed E-state index contributed by atoms with van der Waals surface area (Å²) in [5.41, 5.74) is -0.547. The quantitative estimate of drug-likeness (QED) is 0.388. The molecule has 0 saturated carbocycles. The molecule has 1 heterocycles. The van der Waals surface area contributed by atoms with Gasteiger partial charge in [-0.05, 0) is 19.1 Å². The SMILES string of the molecule is CCOC(=O)C(C#N)=C1NC(=O)N(c2ccccc2)C1=O. The topological polar surface area (TPSA) is 99.5 Å². The highest BCUT2D eigenvalue weighted by Gasteiger charge is 2.38. The zero-order valence-electron chi connectivity index (χ0n) is 11.1. The van der Waals surface area contributed by atoms with Crippen molar-refractivity contribution in [1.82, 2.24) is 5.32 Å². The minimum Gasteiger partial charge on any atom is -0.462 e. The molecule has 1 fully saturated rings. The lowest BCUT2D eigenvalue weighted by atomic mass is 10.2. The maximum absolute atomic E-state index is 12.3. The fourth-order valence-corrected chi connectivity index (χ4v) is 1.81. The highest BCUT2D eigenvalue weighted by Crippen LogP contribution is 2.22. The molecular weight excluding hydrogens is 274 g/mol. The summed E-state index contributed by atoms with van der Waals surface area (Å²) in [6, 6.07) is 9.06. The number of hydrogen-bond acceptors (Lipinski definition) is 5. The lowest BCUT2D eigenvalue weighted by Gasteiger charge is -2.10. The Kier molecular flexibility index (Phi) is 4.00. The molecule has 1 aromatic carbocycles. The maximum atomic E-state index is 12.3. The van der Waals surface area contributed by atoms with E-state index in [2.05, 4.69) is 5.32 Å². The number of hydrogen-bond donors (Lipinski definition) is 1. The number of para-hydroxylation sites is 1. The second-order valence-corrected chi connectivity index (χ2v) is 3.99. The number of imide groups is 1. The summed E-state index contributed by atoms with van der Waals surface area (Å²) < 4.78 is 4.69. The molecule has 1 N–H and O–H groups in total. The number of anilines is 1. The van der Waals surface area contributed by atoms with Crippen molar-refractivity contribution < 1.29 is 19.1 Å². The van der Waals surface area contributed by atoms with Crippen LogP contribution in [0.1, 0.15) is 6.92 Å². The molecule has 7 heteroatoms. The van der Waals surface area contributed by atoms with Crippen molar-refractivity contribution in [2.24, 2.45) is 0 Å². The summed E-state index contributed by atoms with van der Waals surface area (Å²) in [4.78, 5) is 36.6. The third-order valence-corrected chi connectivity index (χ3v) is 2.71. The van der Waals surface area contributed by atoms with E-state index in [0.717, 1.165) is 4.90 Å². The van der Waals surface area contributed by atoms with E-state index in [1.165, 1.54) is 0 Å². The van der Waals surface area contributed by atoms with Gasteiger partial charge in [0.1, 0.15) is 11.8 Å². The van der Waals surface area contributed by atoms with E-state index in [9.17, 15) is 14.4 Å². The second-order valence-electron chi connectivity index (χ2n) is 3.99. The lowest BCUT2D eigenvalue weighted by molar-refractivity contribution is -0.138. The molecule has 0 atom stereocenters. The van der Waals surface area contributed by atoms with E-state index in [0.29, 0.717) is 5.69 Å². The van der Waals surface area contributed by atoms with Crippen LogP contribution < -0.4 is 10.2 Å². The fraction of sp³-hybridized carbons (Fsp3) is 0.143. The zero-order chi connectivity index (χ0) is 15.4. The molecule has 1 aromatic rings. The Morgan fingerprint density at radius 3 is 2.57 bits per heavy atom. The first-order chi connectivity index (χ1) is 10.1. The van der Waals surface area contributed by atoms with Crippen LogP contribution in [0.15, 0.2) is 41.6 Å². The van der Waals surface area contributed by atoms with E-state index < -0.39 is 23.5 Å². The van der Waals surface area contributed by atoms with Crippen molar-refractivity contribution >= 4 is 23.6 Å². The summed E-state index contributed by atoms with van der Waals surface area (Å²) in [5, 5.41) is 11.2. The minimum atomic E-state index is -0.946. The van der Waals surface area contributed by atoms with Gasteiger partial charge in [0.25, 0.3) is 5.91 Å². The molecular formula is C14H11N3O4. The van der Waals surface area contributed by atoms with Crippen molar-refractivity contribution in [1.29, 1.82) is 5.26 Å². The smallest absolute Gasteiger partial charge is 0.351 e. The van der Waals surface area contributed by atoms with Crippen LogP contribution in [0.2, 0.25) is 0 Å². The first kappa shape index (κ1) is 14.3. The Balaban J connectivity index is 2.42. The molecule has 0 aliphatic carbocycles. The predicted molar refractivity (Wildman–Crippen MR) is 71.7 cm³/mol. The Bertz CT molecular complexity index is 673. The number of nitriles is 1. The Morgan fingerprint density at radius 2 is 2.00 bits per heavy atom. The van der Waals surface area contributed by atoms with Gasteiger partial charge in [0.05, 0.1) is 12.3 Å². The molecule has 106 valence electrons. The van der Waals surface area contributed by atoms with E-state index in [1.54, 1.807) is 43.3 Å². The van der Waals surface area contributed by atoms with Gasteiger partial charge in [0, 0.05) is 0 Å². The number of nitrogens with one attached hydrogen (secondary N) is 1. The first-order valence-corrected chi connectivity index (χ1v) is 6.12. The van der Waals surface area contributed by atoms with Gasteiger partial charge in [-0.25, -0.2) is 14.5 Å². The van der Waals surface area contributed by atoms with Crippen molar-refractivity contribution in [3.8, 4) is 6.07 Å². The van der Waals surface area contributed by atoms with Crippen molar-refractivity contribution in [2.75, 3.05) is 11.5 Å². The molecule has 1 saturated heterocycles. The average molecular weight is 285 g/mol. The Labute approximate surface area is 120 Å². The fourth-order valence-electron chi connectivity index (χ4n) is 1.81. The van der Waals surface area contributed by atoms with Crippen LogP contribution in [0.5, 0.6) is 0 Å². The van der Waals surface area contributed by atoms with Gasteiger partial charge in [-0.2, -0.15) is 5.26 Å². The maximum Gasteiger partial charge on any atom is 0.351 e. The van der Waals surface area contributed by atoms with Crippen LogP contribution in [0.3, 0.4) is 0 Å². The van der Waals surface area contributed by atoms with Gasteiger partial charge in [0.2, 0.25) is 0 Å². The monoisotopic (exact) mass is 285 g/mol. The third-order valence-electron chi connectivity index (χ3n) is 2.71. The van der Waals surface area contributed by atoms with Crippen LogP contribution in [0, 0.1) is 11.3 Å². The number of rotatable bonds is 3. The summed E-state index contributed by atoms with van der Waals surface area (Å²) in [7, 11) is 0. The number of nitrogens with zero attached hydrogens (tertiary/aromatic N) is 2. The van der Waals surface area contributed by atoms with Gasteiger partial charge in [-0.3, -0.25) is 4.79 Å². The number of ether oxygens (including phenoxy) is 1. The molecule has 3 amide bonds. The lowest BCUT2D eigenvalue weighted by Crippen LogP contribution is -2.30. The molecule has 1 aliphatic rings. The number of esters is 1. The van der Waals surface area contributed by atoms with Crippen molar-refractivity contribution in [3.05, 3.63) is 41.6 Å². The number of carbonyl (C=O) groups excluding carboxylic acids is 3. The predicted octanol–water partition coefficient (Wildman–Crippen LogP) is 1.08. The van der Waals surface area contributed by atoms with E-state index in [1.807, 2.05) is 0 Å². The summed E-state index contributed by atoms with van der Waals surface area (Å²) >= 11 is 0. The molecule has 0 bridgehead atoms. The molecule has 7 nitrogen and oxygen atoms in total. The van der Waals surface area contributed by atoms with Crippen LogP contribution in [-0.2, 0) is 14.3 Å². The normalized spacial score (nSPS) is 16.3. The molecule has 0 unspecified atom stereocenters. The summed E-state index contributed by atoms with van der Waals surface area (Å²) in [5.74, 6) is -1.71. The van der Waals surface area contributed by atoms with E-state index in [-0.39, 0.29) is 12.3 Å². The largest absolute Gasteiger partial charge is 0.462 e. The van der Waals surface area contributed by atoms with Gasteiger partial charge in [0.15, 0.2) is 5.57 Å². The van der Waals surface area contributed by atoms with Crippen molar-refractivity contribution in [2.45, 2.75) is 6.92 Å². The molecule has 1 aliphatic heterocycles. The molecule has 0 radical (unpaired) electrons. The van der Waals surface area contributed by atoms with Gasteiger partial charge in [-0.15, -0.1) is 0 Å². The Hall–Kier alpha value is -3.14. The highest BCUT2D eigenvalue weighted by atomic mass is 16.5.